The van der Waals surface area contributed by atoms with Crippen molar-refractivity contribution in [3.05, 3.63) is 24.4 Å². The maximum absolute atomic E-state index is 12.4. The number of ether oxygens (including phenoxy) is 1. The van der Waals surface area contributed by atoms with Gasteiger partial charge in [0.2, 0.25) is 11.9 Å². The van der Waals surface area contributed by atoms with Crippen molar-refractivity contribution in [2.24, 2.45) is 0 Å². The number of anilines is 2. The molecule has 1 fully saturated rings. The summed E-state index contributed by atoms with van der Waals surface area (Å²) in [6, 6.07) is 0. The van der Waals surface area contributed by atoms with Gasteiger partial charge in [-0.05, 0) is 19.3 Å². The van der Waals surface area contributed by atoms with Crippen LogP contribution in [0.2, 0.25) is 0 Å². The highest BCUT2D eigenvalue weighted by Crippen LogP contribution is 2.27. The average Bonchev–Trinajstić information content (AvgIpc) is 2.59. The highest BCUT2D eigenvalue weighted by Gasteiger charge is 2.25. The van der Waals surface area contributed by atoms with Gasteiger partial charge >= 0.3 is 0 Å². The molecule has 1 saturated heterocycles. The molecule has 118 valence electrons. The van der Waals surface area contributed by atoms with Crippen molar-refractivity contribution < 1.29 is 9.53 Å². The van der Waals surface area contributed by atoms with Gasteiger partial charge in [0.25, 0.3) is 0 Å². The molecule has 2 aliphatic rings. The Balaban J connectivity index is 1.83. The van der Waals surface area contributed by atoms with E-state index in [0.717, 1.165) is 43.9 Å². The van der Waals surface area contributed by atoms with E-state index in [4.69, 9.17) is 4.74 Å². The molecule has 6 heteroatoms. The molecule has 1 aromatic heterocycles. The van der Waals surface area contributed by atoms with E-state index in [1.54, 1.807) is 6.08 Å². The molecule has 1 amide bonds. The molecular formula is C16H22N4O2. The Hall–Kier alpha value is -1.95. The van der Waals surface area contributed by atoms with E-state index < -0.39 is 0 Å². The minimum atomic E-state index is 0.118. The predicted molar refractivity (Wildman–Crippen MR) is 85.2 cm³/mol. The number of morpholine rings is 1. The van der Waals surface area contributed by atoms with Crippen molar-refractivity contribution in [3.8, 4) is 0 Å². The zero-order chi connectivity index (χ0) is 15.4. The molecule has 3 heterocycles. The number of carbonyl (C=O) groups excluding carboxylic acids is 1. The molecule has 0 bridgehead atoms. The van der Waals surface area contributed by atoms with Crippen LogP contribution in [0.15, 0.2) is 18.9 Å². The number of rotatable bonds is 4. The molecule has 0 atom stereocenters. The lowest BCUT2D eigenvalue weighted by atomic mass is 10.1. The van der Waals surface area contributed by atoms with Gasteiger partial charge in [0.1, 0.15) is 5.82 Å². The van der Waals surface area contributed by atoms with Crippen LogP contribution in [-0.4, -0.2) is 48.7 Å². The van der Waals surface area contributed by atoms with Gasteiger partial charge in [-0.2, -0.15) is 4.98 Å². The molecule has 0 N–H and O–H groups in total. The molecule has 1 aromatic rings. The molecule has 0 saturated carbocycles. The fourth-order valence-corrected chi connectivity index (χ4v) is 2.85. The predicted octanol–water partition coefficient (Wildman–Crippen LogP) is 1.56. The molecule has 0 radical (unpaired) electrons. The van der Waals surface area contributed by atoms with Crippen LogP contribution < -0.4 is 9.80 Å². The number of aromatic nitrogens is 2. The van der Waals surface area contributed by atoms with Gasteiger partial charge in [-0.3, -0.25) is 9.69 Å². The van der Waals surface area contributed by atoms with Gasteiger partial charge < -0.3 is 9.64 Å². The zero-order valence-corrected chi connectivity index (χ0v) is 12.8. The fraction of sp³-hybridized carbons (Fsp3) is 0.562. The number of hydrogen-bond acceptors (Lipinski definition) is 5. The summed E-state index contributed by atoms with van der Waals surface area (Å²) >= 11 is 0. The minimum Gasteiger partial charge on any atom is -0.378 e. The number of fused-ring (bicyclic) bond motifs is 1. The standard InChI is InChI=1S/C16H22N4O2/c1-2-3-6-14(21)20-7-4-5-13-12-17-16(18-15(13)20)19-8-10-22-11-9-19/h2,12H,1,3-11H2. The molecule has 22 heavy (non-hydrogen) atoms. The third-order valence-corrected chi connectivity index (χ3v) is 4.07. The number of nitrogens with zero attached hydrogens (tertiary/aromatic N) is 4. The van der Waals surface area contributed by atoms with Crippen molar-refractivity contribution in [1.29, 1.82) is 0 Å². The molecule has 2 aliphatic heterocycles. The minimum absolute atomic E-state index is 0.118. The van der Waals surface area contributed by atoms with E-state index in [1.807, 2.05) is 11.1 Å². The normalized spacial score (nSPS) is 18.0. The molecule has 0 spiro atoms. The zero-order valence-electron chi connectivity index (χ0n) is 12.8. The Bertz CT molecular complexity index is 555. The third kappa shape index (κ3) is 3.11. The Morgan fingerprint density at radius 3 is 2.95 bits per heavy atom. The van der Waals surface area contributed by atoms with Gasteiger partial charge in [-0.25, -0.2) is 4.98 Å². The lowest BCUT2D eigenvalue weighted by Gasteiger charge is -2.31. The van der Waals surface area contributed by atoms with Crippen molar-refractivity contribution in [2.75, 3.05) is 42.6 Å². The van der Waals surface area contributed by atoms with Crippen LogP contribution in [0.3, 0.4) is 0 Å². The molecular weight excluding hydrogens is 280 g/mol. The van der Waals surface area contributed by atoms with Crippen LogP contribution in [0.25, 0.3) is 0 Å². The molecule has 0 unspecified atom stereocenters. The van der Waals surface area contributed by atoms with Gasteiger partial charge in [-0.1, -0.05) is 6.08 Å². The summed E-state index contributed by atoms with van der Waals surface area (Å²) in [4.78, 5) is 25.5. The first kappa shape index (κ1) is 15.0. The van der Waals surface area contributed by atoms with Crippen molar-refractivity contribution in [1.82, 2.24) is 9.97 Å². The van der Waals surface area contributed by atoms with E-state index in [0.29, 0.717) is 32.0 Å². The quantitative estimate of drug-likeness (QED) is 0.790. The van der Waals surface area contributed by atoms with E-state index >= 15 is 0 Å². The number of hydrogen-bond donors (Lipinski definition) is 0. The van der Waals surface area contributed by atoms with E-state index in [9.17, 15) is 4.79 Å². The summed E-state index contributed by atoms with van der Waals surface area (Å²) in [7, 11) is 0. The number of amides is 1. The number of allylic oxidation sites excluding steroid dienone is 1. The highest BCUT2D eigenvalue weighted by molar-refractivity contribution is 5.93. The maximum atomic E-state index is 12.4. The Morgan fingerprint density at radius 2 is 2.18 bits per heavy atom. The largest absolute Gasteiger partial charge is 0.378 e. The van der Waals surface area contributed by atoms with Crippen molar-refractivity contribution in [3.63, 3.8) is 0 Å². The average molecular weight is 302 g/mol. The Kier molecular flexibility index (Phi) is 4.68. The van der Waals surface area contributed by atoms with Crippen molar-refractivity contribution in [2.45, 2.75) is 25.7 Å². The summed E-state index contributed by atoms with van der Waals surface area (Å²) in [6.07, 6.45) is 6.74. The highest BCUT2D eigenvalue weighted by atomic mass is 16.5. The molecule has 0 aromatic carbocycles. The van der Waals surface area contributed by atoms with Crippen LogP contribution in [0.1, 0.15) is 24.8 Å². The summed E-state index contributed by atoms with van der Waals surface area (Å²) in [5, 5.41) is 0. The number of carbonyl (C=O) groups is 1. The topological polar surface area (TPSA) is 58.6 Å². The molecule has 6 nitrogen and oxygen atoms in total. The summed E-state index contributed by atoms with van der Waals surface area (Å²) in [5.41, 5.74) is 1.07. The van der Waals surface area contributed by atoms with Crippen LogP contribution in [-0.2, 0) is 16.0 Å². The van der Waals surface area contributed by atoms with Gasteiger partial charge in [-0.15, -0.1) is 6.58 Å². The second kappa shape index (κ2) is 6.87. The summed E-state index contributed by atoms with van der Waals surface area (Å²) in [6.45, 7) is 7.40. The van der Waals surface area contributed by atoms with E-state index in [1.165, 1.54) is 0 Å². The lowest BCUT2D eigenvalue weighted by molar-refractivity contribution is -0.118. The second-order valence-corrected chi connectivity index (χ2v) is 5.59. The van der Waals surface area contributed by atoms with E-state index in [-0.39, 0.29) is 5.91 Å². The third-order valence-electron chi connectivity index (χ3n) is 4.07. The monoisotopic (exact) mass is 302 g/mol. The smallest absolute Gasteiger partial charge is 0.228 e. The lowest BCUT2D eigenvalue weighted by Crippen LogP contribution is -2.39. The molecule has 0 aliphatic carbocycles. The maximum Gasteiger partial charge on any atom is 0.228 e. The summed E-state index contributed by atoms with van der Waals surface area (Å²) in [5.74, 6) is 1.61. The SMILES string of the molecule is C=CCCC(=O)N1CCCc2cnc(N3CCOCC3)nc21. The van der Waals surface area contributed by atoms with Gasteiger partial charge in [0, 0.05) is 37.8 Å². The van der Waals surface area contributed by atoms with Crippen LogP contribution in [0, 0.1) is 0 Å². The first-order chi connectivity index (χ1) is 10.8. The fourth-order valence-electron chi connectivity index (χ4n) is 2.85. The second-order valence-electron chi connectivity index (χ2n) is 5.59. The van der Waals surface area contributed by atoms with Crippen LogP contribution in [0.5, 0.6) is 0 Å². The Labute approximate surface area is 130 Å². The van der Waals surface area contributed by atoms with Gasteiger partial charge in [0.15, 0.2) is 0 Å². The van der Waals surface area contributed by atoms with Gasteiger partial charge in [0.05, 0.1) is 13.2 Å². The van der Waals surface area contributed by atoms with E-state index in [2.05, 4.69) is 21.4 Å². The van der Waals surface area contributed by atoms with Crippen LogP contribution in [0.4, 0.5) is 11.8 Å². The van der Waals surface area contributed by atoms with Crippen molar-refractivity contribution >= 4 is 17.7 Å². The molecule has 3 rings (SSSR count). The Morgan fingerprint density at radius 1 is 1.36 bits per heavy atom. The first-order valence-electron chi connectivity index (χ1n) is 7.89. The van der Waals surface area contributed by atoms with Crippen LogP contribution >= 0.6 is 0 Å². The summed E-state index contributed by atoms with van der Waals surface area (Å²) < 4.78 is 5.37. The number of aryl methyl sites for hydroxylation is 1. The first-order valence-corrected chi connectivity index (χ1v) is 7.89.